The number of hydrogen-bond acceptors (Lipinski definition) is 5. The van der Waals surface area contributed by atoms with Crippen molar-refractivity contribution in [2.75, 3.05) is 6.61 Å². The van der Waals surface area contributed by atoms with Crippen molar-refractivity contribution in [1.82, 2.24) is 4.98 Å². The van der Waals surface area contributed by atoms with E-state index in [0.29, 0.717) is 18.3 Å². The zero-order chi connectivity index (χ0) is 15.6. The molecular weight excluding hydrogens is 299 g/mol. The van der Waals surface area contributed by atoms with Crippen molar-refractivity contribution in [3.63, 3.8) is 0 Å². The van der Waals surface area contributed by atoms with E-state index in [9.17, 15) is 26.4 Å². The summed E-state index contributed by atoms with van der Waals surface area (Å²) in [5, 5.41) is -2.14. The zero-order valence-electron chi connectivity index (χ0n) is 10.6. The van der Waals surface area contributed by atoms with Crippen molar-refractivity contribution in [3.8, 4) is 0 Å². The third-order valence-corrected chi connectivity index (χ3v) is 4.39. The first-order valence-electron chi connectivity index (χ1n) is 5.54. The first-order chi connectivity index (χ1) is 9.10. The van der Waals surface area contributed by atoms with Crippen LogP contribution in [0.5, 0.6) is 0 Å². The number of halogens is 3. The van der Waals surface area contributed by atoms with Gasteiger partial charge in [-0.25, -0.2) is 13.4 Å². The third kappa shape index (κ3) is 3.47. The minimum atomic E-state index is -4.61. The summed E-state index contributed by atoms with van der Waals surface area (Å²) in [6.45, 7) is 2.60. The minimum Gasteiger partial charge on any atom is -0.465 e. The third-order valence-electron chi connectivity index (χ3n) is 2.44. The normalized spacial score (nSPS) is 13.8. The number of carbonyl (C=O) groups excluding carboxylic acids is 1. The number of ether oxygens (including phenoxy) is 1. The molecule has 0 saturated heterocycles. The van der Waals surface area contributed by atoms with Gasteiger partial charge in [0.2, 0.25) is 9.84 Å². The monoisotopic (exact) mass is 311 g/mol. The van der Waals surface area contributed by atoms with Gasteiger partial charge in [-0.15, -0.1) is 0 Å². The van der Waals surface area contributed by atoms with Crippen LogP contribution in [0.3, 0.4) is 0 Å². The Morgan fingerprint density at radius 2 is 2.00 bits per heavy atom. The largest absolute Gasteiger partial charge is 0.465 e. The molecule has 0 radical (unpaired) electrons. The number of sulfone groups is 1. The molecule has 0 amide bonds. The van der Waals surface area contributed by atoms with Gasteiger partial charge >= 0.3 is 12.1 Å². The molecule has 0 aliphatic rings. The Labute approximate surface area is 113 Å². The van der Waals surface area contributed by atoms with Crippen LogP contribution >= 0.6 is 0 Å². The van der Waals surface area contributed by atoms with Crippen molar-refractivity contribution in [2.24, 2.45) is 0 Å². The Hall–Kier alpha value is -1.64. The van der Waals surface area contributed by atoms with Crippen LogP contribution in [0.1, 0.15) is 19.4 Å². The SMILES string of the molecule is CCOC(=O)[C@H](C)S(=O)(=O)c1ccc(C(F)(F)F)cn1. The average Bonchev–Trinajstić information content (AvgIpc) is 2.37. The molecule has 1 atom stereocenters. The molecule has 0 aromatic carbocycles. The first-order valence-corrected chi connectivity index (χ1v) is 7.09. The van der Waals surface area contributed by atoms with Crippen LogP contribution in [-0.2, 0) is 25.5 Å². The summed E-state index contributed by atoms with van der Waals surface area (Å²) in [5.74, 6) is -0.978. The van der Waals surface area contributed by atoms with E-state index < -0.39 is 37.8 Å². The fraction of sp³-hybridized carbons (Fsp3) is 0.455. The van der Waals surface area contributed by atoms with Gasteiger partial charge < -0.3 is 4.74 Å². The van der Waals surface area contributed by atoms with Gasteiger partial charge in [-0.3, -0.25) is 4.79 Å². The molecule has 1 aromatic heterocycles. The Kier molecular flexibility index (Phi) is 4.74. The van der Waals surface area contributed by atoms with Crippen molar-refractivity contribution in [1.29, 1.82) is 0 Å². The second-order valence-electron chi connectivity index (χ2n) is 3.82. The van der Waals surface area contributed by atoms with Crippen LogP contribution in [0.25, 0.3) is 0 Å². The van der Waals surface area contributed by atoms with Crippen LogP contribution in [-0.4, -0.2) is 31.2 Å². The maximum atomic E-state index is 12.3. The number of pyridine rings is 1. The number of hydrogen-bond donors (Lipinski definition) is 0. The lowest BCUT2D eigenvalue weighted by Gasteiger charge is -2.12. The summed E-state index contributed by atoms with van der Waals surface area (Å²) in [7, 11) is -4.18. The topological polar surface area (TPSA) is 73.3 Å². The fourth-order valence-corrected chi connectivity index (χ4v) is 2.42. The van der Waals surface area contributed by atoms with Gasteiger partial charge in [-0.05, 0) is 26.0 Å². The van der Waals surface area contributed by atoms with Gasteiger partial charge in [-0.1, -0.05) is 0 Å². The molecule has 1 rings (SSSR count). The molecule has 9 heteroatoms. The number of alkyl halides is 3. The summed E-state index contributed by atoms with van der Waals surface area (Å²) < 4.78 is 65.5. The van der Waals surface area contributed by atoms with Crippen molar-refractivity contribution in [2.45, 2.75) is 30.3 Å². The standard InChI is InChI=1S/C11H12F3NO4S/c1-3-19-10(16)7(2)20(17,18)9-5-4-8(6-15-9)11(12,13)14/h4-7H,3H2,1-2H3/t7-/m0/s1. The predicted molar refractivity (Wildman–Crippen MR) is 62.5 cm³/mol. The lowest BCUT2D eigenvalue weighted by Crippen LogP contribution is -2.30. The molecule has 0 aliphatic heterocycles. The molecule has 1 aromatic rings. The summed E-state index contributed by atoms with van der Waals surface area (Å²) in [6.07, 6.45) is -4.20. The molecule has 0 N–H and O–H groups in total. The highest BCUT2D eigenvalue weighted by Crippen LogP contribution is 2.29. The smallest absolute Gasteiger partial charge is 0.417 e. The summed E-state index contributed by atoms with van der Waals surface area (Å²) in [4.78, 5) is 14.6. The second-order valence-corrected chi connectivity index (χ2v) is 6.04. The summed E-state index contributed by atoms with van der Waals surface area (Å²) in [5.41, 5.74) is -1.07. The number of rotatable bonds is 4. The summed E-state index contributed by atoms with van der Waals surface area (Å²) >= 11 is 0. The van der Waals surface area contributed by atoms with E-state index in [-0.39, 0.29) is 6.61 Å². The van der Waals surface area contributed by atoms with Crippen LogP contribution in [0.4, 0.5) is 13.2 Å². The van der Waals surface area contributed by atoms with Gasteiger partial charge in [0.05, 0.1) is 12.2 Å². The van der Waals surface area contributed by atoms with Crippen molar-refractivity contribution >= 4 is 15.8 Å². The molecule has 0 bridgehead atoms. The molecule has 20 heavy (non-hydrogen) atoms. The van der Waals surface area contributed by atoms with E-state index in [1.54, 1.807) is 0 Å². The van der Waals surface area contributed by atoms with E-state index in [1.807, 2.05) is 0 Å². The Morgan fingerprint density at radius 1 is 1.40 bits per heavy atom. The van der Waals surface area contributed by atoms with Gasteiger partial charge in [0.25, 0.3) is 0 Å². The molecule has 0 fully saturated rings. The van der Waals surface area contributed by atoms with Crippen LogP contribution in [0.2, 0.25) is 0 Å². The van der Waals surface area contributed by atoms with Gasteiger partial charge in [0.1, 0.15) is 0 Å². The Bertz CT molecular complexity index is 581. The van der Waals surface area contributed by atoms with Crippen LogP contribution in [0.15, 0.2) is 23.4 Å². The van der Waals surface area contributed by atoms with E-state index >= 15 is 0 Å². The van der Waals surface area contributed by atoms with Crippen molar-refractivity contribution in [3.05, 3.63) is 23.9 Å². The van der Waals surface area contributed by atoms with E-state index in [4.69, 9.17) is 0 Å². The Morgan fingerprint density at radius 3 is 2.40 bits per heavy atom. The maximum Gasteiger partial charge on any atom is 0.417 e. The number of nitrogens with zero attached hydrogens (tertiary/aromatic N) is 1. The first kappa shape index (κ1) is 16.4. The quantitative estimate of drug-likeness (QED) is 0.793. The van der Waals surface area contributed by atoms with E-state index in [1.165, 1.54) is 6.92 Å². The molecule has 0 saturated carbocycles. The molecule has 0 aliphatic carbocycles. The predicted octanol–water partition coefficient (Wildman–Crippen LogP) is 1.83. The Balaban J connectivity index is 3.08. The summed E-state index contributed by atoms with van der Waals surface area (Å²) in [6, 6.07) is 1.31. The molecular formula is C11H12F3NO4S. The molecule has 112 valence electrons. The number of carbonyl (C=O) groups is 1. The maximum absolute atomic E-state index is 12.3. The minimum absolute atomic E-state index is 0.000860. The van der Waals surface area contributed by atoms with Crippen molar-refractivity contribution < 1.29 is 31.1 Å². The van der Waals surface area contributed by atoms with E-state index in [0.717, 1.165) is 6.92 Å². The van der Waals surface area contributed by atoms with Crippen LogP contribution in [0, 0.1) is 0 Å². The molecule has 1 heterocycles. The van der Waals surface area contributed by atoms with Crippen LogP contribution < -0.4 is 0 Å². The second kappa shape index (κ2) is 5.78. The fourth-order valence-electron chi connectivity index (χ4n) is 1.28. The van der Waals surface area contributed by atoms with Gasteiger partial charge in [-0.2, -0.15) is 13.2 Å². The molecule has 0 spiro atoms. The molecule has 0 unspecified atom stereocenters. The van der Waals surface area contributed by atoms with E-state index in [2.05, 4.69) is 9.72 Å². The lowest BCUT2D eigenvalue weighted by atomic mass is 10.3. The number of aromatic nitrogens is 1. The lowest BCUT2D eigenvalue weighted by molar-refractivity contribution is -0.142. The number of esters is 1. The highest BCUT2D eigenvalue weighted by molar-refractivity contribution is 7.92. The zero-order valence-corrected chi connectivity index (χ0v) is 11.5. The highest BCUT2D eigenvalue weighted by Gasteiger charge is 2.34. The van der Waals surface area contributed by atoms with Gasteiger partial charge in [0, 0.05) is 6.20 Å². The molecule has 5 nitrogen and oxygen atoms in total. The highest BCUT2D eigenvalue weighted by atomic mass is 32.2. The van der Waals surface area contributed by atoms with Gasteiger partial charge in [0.15, 0.2) is 10.3 Å². The average molecular weight is 311 g/mol.